The van der Waals surface area contributed by atoms with Gasteiger partial charge in [-0.3, -0.25) is 14.5 Å². The van der Waals surface area contributed by atoms with Gasteiger partial charge in [0, 0.05) is 10.3 Å². The van der Waals surface area contributed by atoms with Gasteiger partial charge in [-0.25, -0.2) is 9.97 Å². The molecule has 2 aromatic heterocycles. The highest BCUT2D eigenvalue weighted by Crippen LogP contribution is 2.41. The lowest BCUT2D eigenvalue weighted by Gasteiger charge is -2.42. The molecule has 160 valence electrons. The van der Waals surface area contributed by atoms with Crippen LogP contribution < -0.4 is 10.2 Å². The molecular weight excluding hydrogens is 428 g/mol. The van der Waals surface area contributed by atoms with E-state index >= 15 is 0 Å². The molecule has 3 heterocycles. The number of nitrogens with one attached hydrogen (secondary N) is 1. The van der Waals surface area contributed by atoms with Crippen LogP contribution >= 0.6 is 23.1 Å². The van der Waals surface area contributed by atoms with Gasteiger partial charge in [-0.1, -0.05) is 30.8 Å². The SMILES string of the molecule is C[C@@H]1CCc2c(sc3ncnc(SCC(=O)N4c5ccccc5NC(=O)C4(C)C)c23)C1. The lowest BCUT2D eigenvalue weighted by atomic mass is 9.89. The van der Waals surface area contributed by atoms with Gasteiger partial charge < -0.3 is 5.32 Å². The zero-order chi connectivity index (χ0) is 21.8. The van der Waals surface area contributed by atoms with Gasteiger partial charge in [0.05, 0.1) is 17.1 Å². The van der Waals surface area contributed by atoms with Crippen molar-refractivity contribution in [3.63, 3.8) is 0 Å². The number of carbonyl (C=O) groups is 2. The number of thiophene rings is 1. The topological polar surface area (TPSA) is 75.2 Å². The van der Waals surface area contributed by atoms with Crippen LogP contribution in [0.4, 0.5) is 11.4 Å². The van der Waals surface area contributed by atoms with E-state index in [1.54, 1.807) is 36.4 Å². The summed E-state index contributed by atoms with van der Waals surface area (Å²) in [6.45, 7) is 5.85. The number of amides is 2. The number of carbonyl (C=O) groups excluding carboxylic acids is 2. The van der Waals surface area contributed by atoms with E-state index in [0.29, 0.717) is 11.6 Å². The van der Waals surface area contributed by atoms with Gasteiger partial charge >= 0.3 is 0 Å². The molecule has 1 aromatic carbocycles. The van der Waals surface area contributed by atoms with Gasteiger partial charge in [-0.2, -0.15) is 0 Å². The number of aromatic nitrogens is 2. The Bertz CT molecular complexity index is 1200. The van der Waals surface area contributed by atoms with E-state index in [9.17, 15) is 9.59 Å². The maximum absolute atomic E-state index is 13.4. The third-order valence-corrected chi connectivity index (χ3v) is 8.28. The van der Waals surface area contributed by atoms with E-state index in [4.69, 9.17) is 0 Å². The first-order valence-corrected chi connectivity index (χ1v) is 12.3. The summed E-state index contributed by atoms with van der Waals surface area (Å²) in [6.07, 6.45) is 4.89. The first-order valence-electron chi connectivity index (χ1n) is 10.5. The predicted octanol–water partition coefficient (Wildman–Crippen LogP) is 4.67. The smallest absolute Gasteiger partial charge is 0.250 e. The molecule has 0 radical (unpaired) electrons. The Balaban J connectivity index is 1.45. The molecule has 8 heteroatoms. The molecule has 5 rings (SSSR count). The third kappa shape index (κ3) is 3.42. The lowest BCUT2D eigenvalue weighted by molar-refractivity contribution is -0.125. The molecule has 6 nitrogen and oxygen atoms in total. The van der Waals surface area contributed by atoms with Crippen molar-refractivity contribution >= 4 is 56.5 Å². The van der Waals surface area contributed by atoms with Crippen molar-refractivity contribution in [2.45, 2.75) is 50.6 Å². The molecule has 1 aliphatic carbocycles. The summed E-state index contributed by atoms with van der Waals surface area (Å²) in [4.78, 5) is 39.1. The molecule has 0 unspecified atom stereocenters. The van der Waals surface area contributed by atoms with E-state index in [-0.39, 0.29) is 17.6 Å². The number of aryl methyl sites for hydroxylation is 1. The zero-order valence-corrected chi connectivity index (χ0v) is 19.4. The number of rotatable bonds is 3. The Morgan fingerprint density at radius 2 is 2.13 bits per heavy atom. The number of hydrogen-bond acceptors (Lipinski definition) is 6. The highest BCUT2D eigenvalue weighted by molar-refractivity contribution is 8.00. The Morgan fingerprint density at radius 1 is 1.32 bits per heavy atom. The van der Waals surface area contributed by atoms with Crippen LogP contribution in [-0.2, 0) is 22.4 Å². The van der Waals surface area contributed by atoms with Crippen molar-refractivity contribution < 1.29 is 9.59 Å². The second-order valence-electron chi connectivity index (χ2n) is 8.76. The third-order valence-electron chi connectivity index (χ3n) is 6.15. The van der Waals surface area contributed by atoms with Gasteiger partial charge in [0.1, 0.15) is 21.7 Å². The normalized spacial score (nSPS) is 19.6. The van der Waals surface area contributed by atoms with Crippen LogP contribution in [0.3, 0.4) is 0 Å². The average molecular weight is 453 g/mol. The van der Waals surface area contributed by atoms with Crippen LogP contribution in [-0.4, -0.2) is 33.1 Å². The predicted molar refractivity (Wildman–Crippen MR) is 126 cm³/mol. The highest BCUT2D eigenvalue weighted by Gasteiger charge is 2.43. The molecule has 1 atom stereocenters. The van der Waals surface area contributed by atoms with E-state index in [1.807, 2.05) is 24.3 Å². The summed E-state index contributed by atoms with van der Waals surface area (Å²) in [6, 6.07) is 7.43. The van der Waals surface area contributed by atoms with E-state index < -0.39 is 5.54 Å². The van der Waals surface area contributed by atoms with Crippen LogP contribution in [0.15, 0.2) is 35.6 Å². The molecular formula is C23H24N4O2S2. The first kappa shape index (κ1) is 20.5. The molecule has 3 aromatic rings. The standard InChI is InChI=1S/C23H24N4O2S2/c1-13-8-9-14-17(10-13)31-21-19(14)20(24-12-25-21)30-11-18(28)27-16-7-5-4-6-15(16)26-22(29)23(27,2)3/h4-7,12-13H,8-11H2,1-3H3,(H,26,29)/t13-/m1/s1. The molecule has 1 aliphatic heterocycles. The van der Waals surface area contributed by atoms with Crippen LogP contribution in [0.5, 0.6) is 0 Å². The van der Waals surface area contributed by atoms with Crippen LogP contribution in [0.2, 0.25) is 0 Å². The molecule has 0 fully saturated rings. The number of thioether (sulfide) groups is 1. The molecule has 2 aliphatic rings. The largest absolute Gasteiger partial charge is 0.322 e. The van der Waals surface area contributed by atoms with Crippen molar-refractivity contribution in [2.75, 3.05) is 16.0 Å². The second kappa shape index (κ2) is 7.60. The minimum absolute atomic E-state index is 0.109. The van der Waals surface area contributed by atoms with Crippen molar-refractivity contribution in [1.82, 2.24) is 9.97 Å². The van der Waals surface area contributed by atoms with Gasteiger partial charge in [0.15, 0.2) is 0 Å². The van der Waals surface area contributed by atoms with Crippen molar-refractivity contribution in [1.29, 1.82) is 0 Å². The number of fused-ring (bicyclic) bond motifs is 4. The summed E-state index contributed by atoms with van der Waals surface area (Å²) in [5, 5.41) is 4.88. The number of hydrogen-bond donors (Lipinski definition) is 1. The van der Waals surface area contributed by atoms with Crippen LogP contribution in [0, 0.1) is 5.92 Å². The Labute approximate surface area is 189 Å². The summed E-state index contributed by atoms with van der Waals surface area (Å²) >= 11 is 3.20. The maximum Gasteiger partial charge on any atom is 0.250 e. The minimum atomic E-state index is -0.968. The van der Waals surface area contributed by atoms with Gasteiger partial charge in [-0.05, 0) is 56.7 Å². The van der Waals surface area contributed by atoms with Crippen molar-refractivity contribution in [2.24, 2.45) is 5.92 Å². The minimum Gasteiger partial charge on any atom is -0.322 e. The molecule has 0 saturated carbocycles. The number of anilines is 2. The molecule has 0 spiro atoms. The molecule has 1 N–H and O–H groups in total. The first-order chi connectivity index (χ1) is 14.9. The number of nitrogens with zero attached hydrogens (tertiary/aromatic N) is 3. The number of para-hydroxylation sites is 2. The molecule has 0 saturated heterocycles. The van der Waals surface area contributed by atoms with Gasteiger partial charge in [0.25, 0.3) is 0 Å². The van der Waals surface area contributed by atoms with E-state index in [0.717, 1.165) is 33.8 Å². The lowest BCUT2D eigenvalue weighted by Crippen LogP contribution is -2.58. The second-order valence-corrected chi connectivity index (χ2v) is 10.8. The molecule has 0 bridgehead atoms. The summed E-state index contributed by atoms with van der Waals surface area (Å²) in [7, 11) is 0. The van der Waals surface area contributed by atoms with Crippen LogP contribution in [0.1, 0.15) is 37.6 Å². The van der Waals surface area contributed by atoms with Gasteiger partial charge in [0.2, 0.25) is 11.8 Å². The van der Waals surface area contributed by atoms with Crippen LogP contribution in [0.25, 0.3) is 10.2 Å². The summed E-state index contributed by atoms with van der Waals surface area (Å²) in [5.74, 6) is 0.605. The Kier molecular flexibility index (Phi) is 5.01. The summed E-state index contributed by atoms with van der Waals surface area (Å²) in [5.41, 5.74) is 1.78. The monoisotopic (exact) mass is 452 g/mol. The van der Waals surface area contributed by atoms with E-state index in [1.165, 1.54) is 28.6 Å². The summed E-state index contributed by atoms with van der Waals surface area (Å²) < 4.78 is 0. The van der Waals surface area contributed by atoms with Gasteiger partial charge in [-0.15, -0.1) is 11.3 Å². The highest BCUT2D eigenvalue weighted by atomic mass is 32.2. The Morgan fingerprint density at radius 3 is 2.97 bits per heavy atom. The average Bonchev–Trinajstić information content (AvgIpc) is 3.10. The number of benzene rings is 1. The zero-order valence-electron chi connectivity index (χ0n) is 17.8. The van der Waals surface area contributed by atoms with E-state index in [2.05, 4.69) is 22.2 Å². The Hall–Kier alpha value is -2.45. The van der Waals surface area contributed by atoms with Crippen molar-refractivity contribution in [3.8, 4) is 0 Å². The molecule has 31 heavy (non-hydrogen) atoms. The molecule has 2 amide bonds. The fourth-order valence-corrected chi connectivity index (χ4v) is 6.74. The maximum atomic E-state index is 13.4. The fraction of sp³-hybridized carbons (Fsp3) is 0.391. The quantitative estimate of drug-likeness (QED) is 0.462. The van der Waals surface area contributed by atoms with Crippen molar-refractivity contribution in [3.05, 3.63) is 41.0 Å². The fourth-order valence-electron chi connectivity index (χ4n) is 4.45.